The van der Waals surface area contributed by atoms with Gasteiger partial charge >= 0.3 is 5.76 Å². The van der Waals surface area contributed by atoms with Gasteiger partial charge in [0.1, 0.15) is 0 Å². The Bertz CT molecular complexity index is 598. The molecule has 0 aromatic heterocycles. The molecule has 7 heteroatoms. The molecular formula is C14H18F2N2O2S. The number of alkyl halides is 2. The molecule has 1 heterocycles. The maximum Gasteiger partial charge on any atom is 0.341 e. The van der Waals surface area contributed by atoms with Gasteiger partial charge in [0.25, 0.3) is 0 Å². The Balaban J connectivity index is 1.89. The first-order valence-electron chi connectivity index (χ1n) is 6.75. The van der Waals surface area contributed by atoms with Crippen LogP contribution in [0, 0.1) is 0 Å². The lowest BCUT2D eigenvalue weighted by Crippen LogP contribution is -2.21. The van der Waals surface area contributed by atoms with Gasteiger partial charge in [-0.15, -0.1) is 0 Å². The van der Waals surface area contributed by atoms with Crippen LogP contribution in [0.15, 0.2) is 40.8 Å². The zero-order valence-corrected chi connectivity index (χ0v) is 12.3. The van der Waals surface area contributed by atoms with E-state index < -0.39 is 15.6 Å². The van der Waals surface area contributed by atoms with E-state index in [0.717, 1.165) is 38.2 Å². The highest BCUT2D eigenvalue weighted by molar-refractivity contribution is 7.91. The standard InChI is InChI=1S/C14H18F2N2O2S/c15-14(16)21(19,20)13-3-1-12(2-4-13)18-10-7-11-5-8-17-9-6-11/h1-5,14,17-18H,6-10H2. The number of hydrogen-bond donors (Lipinski definition) is 2. The summed E-state index contributed by atoms with van der Waals surface area (Å²) in [5.41, 5.74) is 2.11. The molecule has 0 radical (unpaired) electrons. The summed E-state index contributed by atoms with van der Waals surface area (Å²) in [5.74, 6) is -3.39. The van der Waals surface area contributed by atoms with Crippen LogP contribution in [0.25, 0.3) is 0 Å². The van der Waals surface area contributed by atoms with E-state index in [2.05, 4.69) is 16.7 Å². The highest BCUT2D eigenvalue weighted by Crippen LogP contribution is 2.20. The molecule has 0 saturated heterocycles. The average Bonchev–Trinajstić information content (AvgIpc) is 2.49. The molecular weight excluding hydrogens is 298 g/mol. The number of rotatable bonds is 6. The van der Waals surface area contributed by atoms with Crippen LogP contribution in [0.4, 0.5) is 14.5 Å². The minimum Gasteiger partial charge on any atom is -0.385 e. The SMILES string of the molecule is O=S(=O)(c1ccc(NCCC2=CCNCC2)cc1)C(F)F. The van der Waals surface area contributed by atoms with Gasteiger partial charge in [-0.25, -0.2) is 8.42 Å². The summed E-state index contributed by atoms with van der Waals surface area (Å²) in [7, 11) is -4.51. The molecule has 1 aliphatic rings. The highest BCUT2D eigenvalue weighted by atomic mass is 32.2. The van der Waals surface area contributed by atoms with E-state index in [-0.39, 0.29) is 4.90 Å². The number of sulfone groups is 1. The van der Waals surface area contributed by atoms with Crippen LogP contribution in [0.1, 0.15) is 12.8 Å². The van der Waals surface area contributed by atoms with Crippen LogP contribution in [-0.2, 0) is 9.84 Å². The van der Waals surface area contributed by atoms with Gasteiger partial charge in [0.05, 0.1) is 4.90 Å². The second-order valence-corrected chi connectivity index (χ2v) is 6.74. The molecule has 0 fully saturated rings. The van der Waals surface area contributed by atoms with Crippen molar-refractivity contribution in [3.63, 3.8) is 0 Å². The van der Waals surface area contributed by atoms with Crippen molar-refractivity contribution in [3.05, 3.63) is 35.9 Å². The van der Waals surface area contributed by atoms with Gasteiger partial charge in [0.2, 0.25) is 9.84 Å². The van der Waals surface area contributed by atoms with Crippen molar-refractivity contribution in [1.29, 1.82) is 0 Å². The molecule has 1 aromatic rings. The molecule has 1 aliphatic heterocycles. The fourth-order valence-corrected chi connectivity index (χ4v) is 2.85. The van der Waals surface area contributed by atoms with Gasteiger partial charge in [-0.3, -0.25) is 0 Å². The van der Waals surface area contributed by atoms with Crippen molar-refractivity contribution < 1.29 is 17.2 Å². The zero-order chi connectivity index (χ0) is 15.3. The summed E-state index contributed by atoms with van der Waals surface area (Å²) in [6.45, 7) is 2.62. The highest BCUT2D eigenvalue weighted by Gasteiger charge is 2.26. The van der Waals surface area contributed by atoms with E-state index in [9.17, 15) is 17.2 Å². The molecule has 116 valence electrons. The van der Waals surface area contributed by atoms with Crippen molar-refractivity contribution in [2.45, 2.75) is 23.5 Å². The van der Waals surface area contributed by atoms with E-state index in [4.69, 9.17) is 0 Å². The molecule has 0 bridgehead atoms. The lowest BCUT2D eigenvalue weighted by Gasteiger charge is -2.14. The molecule has 0 atom stereocenters. The maximum absolute atomic E-state index is 12.4. The Labute approximate surface area is 123 Å². The van der Waals surface area contributed by atoms with Crippen LogP contribution in [0.2, 0.25) is 0 Å². The molecule has 0 amide bonds. The number of nitrogens with one attached hydrogen (secondary N) is 2. The fraction of sp³-hybridized carbons (Fsp3) is 0.429. The average molecular weight is 316 g/mol. The Morgan fingerprint density at radius 1 is 1.24 bits per heavy atom. The van der Waals surface area contributed by atoms with Gasteiger partial charge < -0.3 is 10.6 Å². The first-order valence-corrected chi connectivity index (χ1v) is 8.29. The smallest absolute Gasteiger partial charge is 0.341 e. The lowest BCUT2D eigenvalue weighted by molar-refractivity contribution is 0.234. The third-order valence-corrected chi connectivity index (χ3v) is 4.75. The summed E-state index contributed by atoms with van der Waals surface area (Å²) in [5, 5.41) is 6.39. The van der Waals surface area contributed by atoms with Crippen molar-refractivity contribution in [3.8, 4) is 0 Å². The Kier molecular flexibility index (Phi) is 5.30. The second-order valence-electron chi connectivity index (χ2n) is 4.82. The first-order chi connectivity index (χ1) is 10.00. The second kappa shape index (κ2) is 7.00. The van der Waals surface area contributed by atoms with Gasteiger partial charge in [-0.05, 0) is 43.7 Å². The molecule has 0 unspecified atom stereocenters. The number of anilines is 1. The molecule has 21 heavy (non-hydrogen) atoms. The van der Waals surface area contributed by atoms with Crippen LogP contribution < -0.4 is 10.6 Å². The van der Waals surface area contributed by atoms with Gasteiger partial charge in [0, 0.05) is 18.8 Å². The van der Waals surface area contributed by atoms with Crippen LogP contribution >= 0.6 is 0 Å². The van der Waals surface area contributed by atoms with E-state index >= 15 is 0 Å². The quantitative estimate of drug-likeness (QED) is 0.791. The molecule has 4 nitrogen and oxygen atoms in total. The predicted molar refractivity (Wildman–Crippen MR) is 78.3 cm³/mol. The molecule has 2 N–H and O–H groups in total. The number of benzene rings is 1. The van der Waals surface area contributed by atoms with Gasteiger partial charge in [0.15, 0.2) is 0 Å². The third-order valence-electron chi connectivity index (χ3n) is 3.35. The van der Waals surface area contributed by atoms with Gasteiger partial charge in [-0.2, -0.15) is 8.78 Å². The molecule has 1 aromatic carbocycles. The lowest BCUT2D eigenvalue weighted by atomic mass is 10.1. The summed E-state index contributed by atoms with van der Waals surface area (Å²) < 4.78 is 47.3. The van der Waals surface area contributed by atoms with Crippen molar-refractivity contribution >= 4 is 15.5 Å². The summed E-state index contributed by atoms with van der Waals surface area (Å²) >= 11 is 0. The monoisotopic (exact) mass is 316 g/mol. The van der Waals surface area contributed by atoms with Crippen LogP contribution in [0.5, 0.6) is 0 Å². The third kappa shape index (κ3) is 4.25. The van der Waals surface area contributed by atoms with Crippen LogP contribution in [0.3, 0.4) is 0 Å². The molecule has 2 rings (SSSR count). The topological polar surface area (TPSA) is 58.2 Å². The molecule has 0 aliphatic carbocycles. The van der Waals surface area contributed by atoms with Gasteiger partial charge in [-0.1, -0.05) is 11.6 Å². The Morgan fingerprint density at radius 3 is 2.52 bits per heavy atom. The predicted octanol–water partition coefficient (Wildman–Crippen LogP) is 2.40. The fourth-order valence-electron chi connectivity index (χ4n) is 2.13. The van der Waals surface area contributed by atoms with E-state index in [1.807, 2.05) is 0 Å². The molecule has 0 spiro atoms. The maximum atomic E-state index is 12.4. The van der Waals surface area contributed by atoms with E-state index in [1.54, 1.807) is 0 Å². The van der Waals surface area contributed by atoms with Crippen molar-refractivity contribution in [2.75, 3.05) is 25.0 Å². The summed E-state index contributed by atoms with van der Waals surface area (Å²) in [6.07, 6.45) is 4.12. The summed E-state index contributed by atoms with van der Waals surface area (Å²) in [6, 6.07) is 5.42. The van der Waals surface area contributed by atoms with E-state index in [0.29, 0.717) is 0 Å². The van der Waals surface area contributed by atoms with Crippen molar-refractivity contribution in [1.82, 2.24) is 5.32 Å². The van der Waals surface area contributed by atoms with Crippen LogP contribution in [-0.4, -0.2) is 33.8 Å². The Hall–Kier alpha value is -1.47. The zero-order valence-electron chi connectivity index (χ0n) is 11.5. The first kappa shape index (κ1) is 15.9. The minimum atomic E-state index is -4.51. The minimum absolute atomic E-state index is 0.357. The normalized spacial score (nSPS) is 15.9. The van der Waals surface area contributed by atoms with E-state index in [1.165, 1.54) is 29.8 Å². The number of hydrogen-bond acceptors (Lipinski definition) is 4. The largest absolute Gasteiger partial charge is 0.385 e. The molecule has 0 saturated carbocycles. The Morgan fingerprint density at radius 2 is 1.95 bits per heavy atom. The summed E-state index contributed by atoms with van der Waals surface area (Å²) in [4.78, 5) is -0.357. The number of halogens is 2. The van der Waals surface area contributed by atoms with Crippen molar-refractivity contribution in [2.24, 2.45) is 0 Å².